The zero-order chi connectivity index (χ0) is 15.6. The minimum absolute atomic E-state index is 0.246. The van der Waals surface area contributed by atoms with Gasteiger partial charge in [0.1, 0.15) is 11.5 Å². The average molecular weight is 288 g/mol. The van der Waals surface area contributed by atoms with Crippen molar-refractivity contribution in [3.8, 4) is 11.5 Å². The standard InChI is InChI=1S/C16H16O5/c1-9(2)14-13(15(17)21-16(14)18)7-10-5-11(19-3)8-12(6-10)20-4/h5-8H,1-4H3/b13-7+. The average Bonchev–Trinajstić information content (AvgIpc) is 2.72. The molecular weight excluding hydrogens is 272 g/mol. The molecule has 0 aromatic heterocycles. The molecule has 1 aromatic carbocycles. The van der Waals surface area contributed by atoms with Gasteiger partial charge in [0.2, 0.25) is 0 Å². The van der Waals surface area contributed by atoms with Crippen molar-refractivity contribution in [2.75, 3.05) is 14.2 Å². The van der Waals surface area contributed by atoms with E-state index in [1.54, 1.807) is 52.3 Å². The van der Waals surface area contributed by atoms with Crippen LogP contribution in [0.3, 0.4) is 0 Å². The fraction of sp³-hybridized carbons (Fsp3) is 0.250. The maximum atomic E-state index is 11.8. The van der Waals surface area contributed by atoms with Crippen molar-refractivity contribution in [3.05, 3.63) is 40.5 Å². The first-order valence-corrected chi connectivity index (χ1v) is 6.35. The van der Waals surface area contributed by atoms with Crippen LogP contribution in [0.25, 0.3) is 6.08 Å². The number of ether oxygens (including phenoxy) is 3. The normalized spacial score (nSPS) is 16.2. The SMILES string of the molecule is COc1cc(/C=C2/C(=O)OC(=O)C2=C(C)C)cc(OC)c1. The Labute approximate surface area is 122 Å². The fourth-order valence-corrected chi connectivity index (χ4v) is 2.09. The summed E-state index contributed by atoms with van der Waals surface area (Å²) >= 11 is 0. The Hall–Kier alpha value is -2.56. The molecule has 1 aromatic rings. The van der Waals surface area contributed by atoms with E-state index < -0.39 is 11.9 Å². The number of esters is 2. The Morgan fingerprint density at radius 1 is 1.00 bits per heavy atom. The molecule has 0 aliphatic carbocycles. The van der Waals surface area contributed by atoms with Gasteiger partial charge in [0.05, 0.1) is 25.4 Å². The van der Waals surface area contributed by atoms with Crippen molar-refractivity contribution >= 4 is 18.0 Å². The van der Waals surface area contributed by atoms with Crippen molar-refractivity contribution in [2.45, 2.75) is 13.8 Å². The van der Waals surface area contributed by atoms with Crippen LogP contribution >= 0.6 is 0 Å². The van der Waals surface area contributed by atoms with Crippen molar-refractivity contribution in [1.82, 2.24) is 0 Å². The lowest BCUT2D eigenvalue weighted by Gasteiger charge is -2.06. The summed E-state index contributed by atoms with van der Waals surface area (Å²) in [6, 6.07) is 5.21. The highest BCUT2D eigenvalue weighted by molar-refractivity contribution is 6.20. The molecule has 0 radical (unpaired) electrons. The van der Waals surface area contributed by atoms with Crippen LogP contribution < -0.4 is 9.47 Å². The van der Waals surface area contributed by atoms with E-state index in [2.05, 4.69) is 4.74 Å². The summed E-state index contributed by atoms with van der Waals surface area (Å²) in [5.41, 5.74) is 1.97. The molecule has 0 bridgehead atoms. The molecule has 0 spiro atoms. The zero-order valence-corrected chi connectivity index (χ0v) is 12.4. The van der Waals surface area contributed by atoms with Crippen LogP contribution in [0.5, 0.6) is 11.5 Å². The lowest BCUT2D eigenvalue weighted by atomic mass is 10.0. The third-order valence-electron chi connectivity index (χ3n) is 3.06. The molecule has 0 N–H and O–H groups in total. The van der Waals surface area contributed by atoms with Gasteiger partial charge >= 0.3 is 11.9 Å². The van der Waals surface area contributed by atoms with E-state index >= 15 is 0 Å². The third kappa shape index (κ3) is 2.97. The lowest BCUT2D eigenvalue weighted by molar-refractivity contribution is -0.149. The van der Waals surface area contributed by atoms with Crippen LogP contribution in [0.15, 0.2) is 34.9 Å². The molecule has 2 rings (SSSR count). The first-order valence-electron chi connectivity index (χ1n) is 6.35. The fourth-order valence-electron chi connectivity index (χ4n) is 2.09. The number of methoxy groups -OCH3 is 2. The highest BCUT2D eigenvalue weighted by atomic mass is 16.6. The van der Waals surface area contributed by atoms with Crippen LogP contribution in [0.2, 0.25) is 0 Å². The number of allylic oxidation sites excluding steroid dienone is 1. The predicted octanol–water partition coefficient (Wildman–Crippen LogP) is 2.51. The van der Waals surface area contributed by atoms with Crippen molar-refractivity contribution in [3.63, 3.8) is 0 Å². The summed E-state index contributed by atoms with van der Waals surface area (Å²) in [7, 11) is 3.08. The molecule has 0 saturated carbocycles. The molecule has 21 heavy (non-hydrogen) atoms. The van der Waals surface area contributed by atoms with Crippen LogP contribution in [0.4, 0.5) is 0 Å². The first-order chi connectivity index (χ1) is 9.96. The number of hydrogen-bond donors (Lipinski definition) is 0. The molecule has 5 heteroatoms. The van der Waals surface area contributed by atoms with Crippen LogP contribution in [0.1, 0.15) is 19.4 Å². The van der Waals surface area contributed by atoms with Gasteiger partial charge in [-0.1, -0.05) is 5.57 Å². The molecule has 110 valence electrons. The van der Waals surface area contributed by atoms with Crippen molar-refractivity contribution < 1.29 is 23.8 Å². The number of benzene rings is 1. The lowest BCUT2D eigenvalue weighted by Crippen LogP contribution is -1.97. The second kappa shape index (κ2) is 5.83. The number of carbonyl (C=O) groups excluding carboxylic acids is 2. The summed E-state index contributed by atoms with van der Waals surface area (Å²) in [6.07, 6.45) is 1.60. The van der Waals surface area contributed by atoms with Gasteiger partial charge in [-0.2, -0.15) is 0 Å². The van der Waals surface area contributed by atoms with E-state index in [1.165, 1.54) is 0 Å². The summed E-state index contributed by atoms with van der Waals surface area (Å²) < 4.78 is 15.0. The zero-order valence-electron chi connectivity index (χ0n) is 12.4. The second-order valence-corrected chi connectivity index (χ2v) is 4.76. The van der Waals surface area contributed by atoms with Crippen LogP contribution in [0, 0.1) is 0 Å². The molecular formula is C16H16O5. The Kier molecular flexibility index (Phi) is 4.12. The maximum absolute atomic E-state index is 11.8. The van der Waals surface area contributed by atoms with Gasteiger partial charge in [-0.15, -0.1) is 0 Å². The molecule has 0 unspecified atom stereocenters. The largest absolute Gasteiger partial charge is 0.497 e. The molecule has 1 aliphatic rings. The maximum Gasteiger partial charge on any atom is 0.346 e. The van der Waals surface area contributed by atoms with Crippen LogP contribution in [-0.4, -0.2) is 26.2 Å². The van der Waals surface area contributed by atoms with E-state index in [0.29, 0.717) is 22.6 Å². The molecule has 1 saturated heterocycles. The van der Waals surface area contributed by atoms with E-state index in [9.17, 15) is 9.59 Å². The van der Waals surface area contributed by atoms with Crippen molar-refractivity contribution in [1.29, 1.82) is 0 Å². The Morgan fingerprint density at radius 2 is 1.57 bits per heavy atom. The predicted molar refractivity (Wildman–Crippen MR) is 77.0 cm³/mol. The molecule has 0 atom stereocenters. The molecule has 0 amide bonds. The molecule has 1 aliphatic heterocycles. The third-order valence-corrected chi connectivity index (χ3v) is 3.06. The van der Waals surface area contributed by atoms with E-state index in [4.69, 9.17) is 9.47 Å². The summed E-state index contributed by atoms with van der Waals surface area (Å²) in [4.78, 5) is 23.5. The Morgan fingerprint density at radius 3 is 2.05 bits per heavy atom. The van der Waals surface area contributed by atoms with Gasteiger partial charge in [0, 0.05) is 6.07 Å². The van der Waals surface area contributed by atoms with Gasteiger partial charge < -0.3 is 14.2 Å². The number of rotatable bonds is 3. The summed E-state index contributed by atoms with van der Waals surface area (Å²) in [6.45, 7) is 3.52. The molecule has 1 heterocycles. The monoisotopic (exact) mass is 288 g/mol. The van der Waals surface area contributed by atoms with Gasteiger partial charge in [-0.05, 0) is 37.6 Å². The first kappa shape index (κ1) is 14.8. The van der Waals surface area contributed by atoms with Gasteiger partial charge in [0.25, 0.3) is 0 Å². The van der Waals surface area contributed by atoms with E-state index in [0.717, 1.165) is 5.57 Å². The summed E-state index contributed by atoms with van der Waals surface area (Å²) in [5.74, 6) is -0.0608. The molecule has 1 fully saturated rings. The number of hydrogen-bond acceptors (Lipinski definition) is 5. The highest BCUT2D eigenvalue weighted by Gasteiger charge is 2.34. The van der Waals surface area contributed by atoms with Gasteiger partial charge in [-0.3, -0.25) is 0 Å². The smallest absolute Gasteiger partial charge is 0.346 e. The Bertz CT molecular complexity index is 641. The highest BCUT2D eigenvalue weighted by Crippen LogP contribution is 2.30. The van der Waals surface area contributed by atoms with Crippen LogP contribution in [-0.2, 0) is 14.3 Å². The minimum atomic E-state index is -0.641. The number of cyclic esters (lactones) is 2. The minimum Gasteiger partial charge on any atom is -0.497 e. The Balaban J connectivity index is 2.54. The quantitative estimate of drug-likeness (QED) is 0.486. The van der Waals surface area contributed by atoms with Gasteiger partial charge in [0.15, 0.2) is 0 Å². The van der Waals surface area contributed by atoms with E-state index in [-0.39, 0.29) is 5.57 Å². The topological polar surface area (TPSA) is 61.8 Å². The van der Waals surface area contributed by atoms with Crippen molar-refractivity contribution in [2.24, 2.45) is 0 Å². The van der Waals surface area contributed by atoms with Gasteiger partial charge in [-0.25, -0.2) is 9.59 Å². The van der Waals surface area contributed by atoms with E-state index in [1.807, 2.05) is 0 Å². The number of carbonyl (C=O) groups is 2. The second-order valence-electron chi connectivity index (χ2n) is 4.76. The molecule has 5 nitrogen and oxygen atoms in total. The summed E-state index contributed by atoms with van der Waals surface area (Å²) in [5, 5.41) is 0.